The monoisotopic (exact) mass is 369 g/mol. The van der Waals surface area contributed by atoms with E-state index in [1.165, 1.54) is 4.74 Å². The van der Waals surface area contributed by atoms with Gasteiger partial charge in [-0.15, -0.1) is 0 Å². The second-order valence-electron chi connectivity index (χ2n) is 6.10. The van der Waals surface area contributed by atoms with Crippen LogP contribution in [0.2, 0.25) is 5.02 Å². The van der Waals surface area contributed by atoms with Crippen LogP contribution in [0.3, 0.4) is 0 Å². The number of hydrogen-bond donors (Lipinski definition) is 1. The Kier molecular flexibility index (Phi) is 4.96. The molecule has 26 heavy (non-hydrogen) atoms. The highest BCUT2D eigenvalue weighted by Crippen LogP contribution is 2.33. The van der Waals surface area contributed by atoms with Crippen LogP contribution in [-0.4, -0.2) is 16.2 Å². The van der Waals surface area contributed by atoms with Crippen LogP contribution in [0.15, 0.2) is 53.3 Å². The van der Waals surface area contributed by atoms with E-state index in [0.717, 1.165) is 16.8 Å². The van der Waals surface area contributed by atoms with E-state index in [-0.39, 0.29) is 5.92 Å². The Bertz CT molecular complexity index is 993. The normalized spacial score (nSPS) is 13.7. The van der Waals surface area contributed by atoms with E-state index in [0.29, 0.717) is 29.1 Å². The van der Waals surface area contributed by atoms with E-state index < -0.39 is 6.10 Å². The highest BCUT2D eigenvalue weighted by Gasteiger charge is 2.30. The minimum absolute atomic E-state index is 0.366. The first-order valence-corrected chi connectivity index (χ1v) is 8.57. The zero-order valence-electron chi connectivity index (χ0n) is 15.5. The summed E-state index contributed by atoms with van der Waals surface area (Å²) < 4.78 is 14.9. The van der Waals surface area contributed by atoms with Crippen LogP contribution in [0.1, 0.15) is 31.2 Å². The van der Waals surface area contributed by atoms with Crippen LogP contribution < -0.4 is 4.74 Å². The van der Waals surface area contributed by atoms with E-state index in [4.69, 9.17) is 24.1 Å². The molecule has 0 spiro atoms. The van der Waals surface area contributed by atoms with Gasteiger partial charge in [0.2, 0.25) is 5.69 Å². The van der Waals surface area contributed by atoms with Gasteiger partial charge in [-0.2, -0.15) is 0 Å². The number of nitrogens with zero attached hydrogens (tertiary/aromatic N) is 3. The fourth-order valence-corrected chi connectivity index (χ4v) is 3.01. The van der Waals surface area contributed by atoms with Crippen molar-refractivity contribution in [3.63, 3.8) is 0 Å². The lowest BCUT2D eigenvalue weighted by atomic mass is 9.92. The molecule has 3 aromatic rings. The van der Waals surface area contributed by atoms with Crippen LogP contribution in [-0.2, 0) is 6.42 Å². The molecule has 0 unspecified atom stereocenters. The molecule has 0 saturated carbocycles. The maximum Gasteiger partial charge on any atom is 0.359 e. The molecule has 6 heteroatoms. The van der Waals surface area contributed by atoms with Gasteiger partial charge in [-0.05, 0) is 53.3 Å². The van der Waals surface area contributed by atoms with Crippen molar-refractivity contribution in [3.8, 4) is 5.69 Å². The van der Waals surface area contributed by atoms with E-state index in [1.807, 2.05) is 13.0 Å². The molecular formula is C20H19ClN3O2+. The number of aromatic nitrogens is 2. The van der Waals surface area contributed by atoms with Crippen LogP contribution in [0.5, 0.6) is 0 Å². The lowest BCUT2D eigenvalue weighted by Crippen LogP contribution is -2.27. The third kappa shape index (κ3) is 3.62. The highest BCUT2D eigenvalue weighted by molar-refractivity contribution is 6.34. The van der Waals surface area contributed by atoms with Crippen LogP contribution in [0, 0.1) is 13.5 Å². The van der Waals surface area contributed by atoms with Gasteiger partial charge in [0, 0.05) is 0 Å². The van der Waals surface area contributed by atoms with Crippen molar-refractivity contribution in [2.24, 2.45) is 0 Å². The van der Waals surface area contributed by atoms with Gasteiger partial charge in [0.25, 0.3) is 0 Å². The lowest BCUT2D eigenvalue weighted by Gasteiger charge is -2.16. The molecule has 0 aliphatic carbocycles. The first-order chi connectivity index (χ1) is 12.9. The topological polar surface area (TPSA) is 54.5 Å². The zero-order chi connectivity index (χ0) is 19.6. The quantitative estimate of drug-likeness (QED) is 0.542. The molecule has 132 valence electrons. The first kappa shape index (κ1) is 16.8. The predicted octanol–water partition coefficient (Wildman–Crippen LogP) is 4.17. The van der Waals surface area contributed by atoms with Crippen molar-refractivity contribution in [1.29, 1.82) is 0 Å². The second kappa shape index (κ2) is 7.69. The van der Waals surface area contributed by atoms with E-state index in [1.54, 1.807) is 43.6 Å². The molecule has 5 nitrogen and oxygen atoms in total. The van der Waals surface area contributed by atoms with E-state index in [9.17, 15) is 5.11 Å². The first-order valence-electron chi connectivity index (χ1n) is 8.69. The zero-order valence-corrected chi connectivity index (χ0v) is 15.2. The van der Waals surface area contributed by atoms with Gasteiger partial charge in [-0.3, -0.25) is 4.52 Å². The summed E-state index contributed by atoms with van der Waals surface area (Å²) in [4.78, 5) is 7.74. The largest absolute Gasteiger partial charge is 0.392 e. The summed E-state index contributed by atoms with van der Waals surface area (Å²) in [7, 11) is 0. The van der Waals surface area contributed by atoms with Crippen molar-refractivity contribution < 1.29 is 15.7 Å². The minimum atomic E-state index is -0.688. The molecule has 1 heterocycles. The number of rotatable bonds is 5. The number of para-hydroxylation sites is 1. The summed E-state index contributed by atoms with van der Waals surface area (Å²) >= 11 is 6.27. The Morgan fingerprint density at radius 2 is 2.12 bits per heavy atom. The SMILES string of the molecule is [2H]c1ccc(-[n+]2cnc([C@H](Cc3ccc([N+]#[C-])c(Cl)c3C)[C@H](C)O)o2)cc1. The molecule has 2 atom stereocenters. The standard InChI is InChI=1S/C20H19ClN3O2/c1-13-15(9-10-18(22-3)19(13)21)11-17(14(2)25)20-23-12-24(26-20)16-7-5-4-6-8-16/h4-10,12,14,17,25H,11H2,1-2H3/q+1/t14-,17+/m0/s1/i4D. The molecule has 0 fully saturated rings. The van der Waals surface area contributed by atoms with Gasteiger partial charge >= 0.3 is 12.2 Å². The van der Waals surface area contributed by atoms with Crippen LogP contribution >= 0.6 is 11.6 Å². The third-order valence-corrected chi connectivity index (χ3v) is 4.85. The Labute approximate surface area is 158 Å². The fourth-order valence-electron chi connectivity index (χ4n) is 2.78. The summed E-state index contributed by atoms with van der Waals surface area (Å²) in [5.74, 6) is 0.0417. The summed E-state index contributed by atoms with van der Waals surface area (Å²) in [6, 6.07) is 10.8. The summed E-state index contributed by atoms with van der Waals surface area (Å²) in [6.07, 6.45) is 1.34. The molecule has 0 saturated heterocycles. The third-order valence-electron chi connectivity index (χ3n) is 4.37. The number of aliphatic hydroxyl groups excluding tert-OH is 1. The molecule has 0 amide bonds. The molecule has 3 rings (SSSR count). The molecule has 0 aliphatic heterocycles. The Balaban J connectivity index is 1.90. The smallest absolute Gasteiger partial charge is 0.359 e. The molecular weight excluding hydrogens is 350 g/mol. The summed E-state index contributed by atoms with van der Waals surface area (Å²) in [5, 5.41) is 10.7. The Hall–Kier alpha value is -2.68. The molecule has 2 aromatic carbocycles. The summed E-state index contributed by atoms with van der Waals surface area (Å²) in [5.41, 5.74) is 2.91. The number of aliphatic hydroxyl groups is 1. The maximum atomic E-state index is 10.3. The van der Waals surface area contributed by atoms with Crippen LogP contribution in [0.4, 0.5) is 5.69 Å². The average Bonchev–Trinajstić information content (AvgIpc) is 3.13. The highest BCUT2D eigenvalue weighted by atomic mass is 35.5. The lowest BCUT2D eigenvalue weighted by molar-refractivity contribution is -0.786. The molecule has 0 aliphatic rings. The Morgan fingerprint density at radius 3 is 2.77 bits per heavy atom. The van der Waals surface area contributed by atoms with Crippen molar-refractivity contribution >= 4 is 17.3 Å². The number of benzene rings is 2. The van der Waals surface area contributed by atoms with Gasteiger partial charge in [-0.1, -0.05) is 41.9 Å². The van der Waals surface area contributed by atoms with Crippen LogP contribution in [0.25, 0.3) is 10.5 Å². The maximum absolute atomic E-state index is 10.3. The van der Waals surface area contributed by atoms with Crippen molar-refractivity contribution in [2.45, 2.75) is 32.3 Å². The van der Waals surface area contributed by atoms with E-state index >= 15 is 0 Å². The van der Waals surface area contributed by atoms with Gasteiger partial charge in [-0.25, -0.2) is 4.85 Å². The van der Waals surface area contributed by atoms with Crippen molar-refractivity contribution in [2.75, 3.05) is 0 Å². The molecule has 0 bridgehead atoms. The van der Waals surface area contributed by atoms with Crippen molar-refractivity contribution in [3.05, 3.63) is 82.2 Å². The molecule has 1 N–H and O–H groups in total. The van der Waals surface area contributed by atoms with Gasteiger partial charge in [0.15, 0.2) is 5.69 Å². The summed E-state index contributed by atoms with van der Waals surface area (Å²) in [6.45, 7) is 10.7. The average molecular weight is 370 g/mol. The number of hydrogen-bond acceptors (Lipinski definition) is 3. The molecule has 1 aromatic heterocycles. The predicted molar refractivity (Wildman–Crippen MR) is 98.6 cm³/mol. The molecule has 0 radical (unpaired) electrons. The number of halogens is 1. The van der Waals surface area contributed by atoms with Crippen molar-refractivity contribution in [1.82, 2.24) is 4.98 Å². The second-order valence-corrected chi connectivity index (χ2v) is 6.48. The van der Waals surface area contributed by atoms with Gasteiger partial charge < -0.3 is 5.11 Å². The fraction of sp³-hybridized carbons (Fsp3) is 0.250. The Morgan fingerprint density at radius 1 is 1.38 bits per heavy atom. The minimum Gasteiger partial charge on any atom is -0.392 e. The van der Waals surface area contributed by atoms with Gasteiger partial charge in [0.05, 0.1) is 25.0 Å². The van der Waals surface area contributed by atoms with E-state index in [2.05, 4.69) is 9.83 Å². The van der Waals surface area contributed by atoms with Gasteiger partial charge in [0.1, 0.15) is 0 Å².